The van der Waals surface area contributed by atoms with Crippen molar-refractivity contribution in [3.8, 4) is 10.4 Å². The highest BCUT2D eigenvalue weighted by atomic mass is 35.5. The average molecular weight is 360 g/mol. The Morgan fingerprint density at radius 3 is 2.38 bits per heavy atom. The van der Waals surface area contributed by atoms with E-state index < -0.39 is 17.4 Å². The summed E-state index contributed by atoms with van der Waals surface area (Å²) in [5.74, 6) is -1.27. The Morgan fingerprint density at radius 2 is 1.88 bits per heavy atom. The summed E-state index contributed by atoms with van der Waals surface area (Å²) in [6.07, 6.45) is 4.71. The number of primary amides is 2. The van der Waals surface area contributed by atoms with Crippen molar-refractivity contribution >= 4 is 41.0 Å². The predicted molar refractivity (Wildman–Crippen MR) is 96.5 cm³/mol. The van der Waals surface area contributed by atoms with Gasteiger partial charge in [0.05, 0.1) is 10.4 Å². The highest BCUT2D eigenvalue weighted by Gasteiger charge is 2.42. The molecule has 0 saturated carbocycles. The van der Waals surface area contributed by atoms with Crippen LogP contribution in [0.3, 0.4) is 0 Å². The number of carbonyl (C=O) groups is 2. The number of hydrogen-bond donors (Lipinski definition) is 2. The Bertz CT molecular complexity index is 885. The zero-order valence-electron chi connectivity index (χ0n) is 12.7. The monoisotopic (exact) mass is 359 g/mol. The summed E-state index contributed by atoms with van der Waals surface area (Å²) in [6.45, 7) is 1.79. The van der Waals surface area contributed by atoms with Gasteiger partial charge in [0.2, 0.25) is 5.91 Å². The number of carbonyl (C=O) groups excluding carboxylic acids is 2. The summed E-state index contributed by atoms with van der Waals surface area (Å²) in [5.41, 5.74) is 11.6. The number of halogens is 1. The standard InChI is InChI=1S/C17H14ClN3O2S/c1-9-12(15(19)22)14(17(16(20)23)7-2-8-21-17)24-13(9)10-3-5-11(18)6-4-10/h2-8H,1H3,(H2,19,22)(H2,20,23). The van der Waals surface area contributed by atoms with Gasteiger partial charge in [-0.15, -0.1) is 11.3 Å². The second-order valence-corrected chi connectivity index (χ2v) is 6.86. The van der Waals surface area contributed by atoms with Crippen molar-refractivity contribution in [2.24, 2.45) is 16.5 Å². The number of nitrogens with two attached hydrogens (primary N) is 2. The molecule has 24 heavy (non-hydrogen) atoms. The second-order valence-electron chi connectivity index (χ2n) is 5.40. The van der Waals surface area contributed by atoms with Crippen molar-refractivity contribution in [1.82, 2.24) is 0 Å². The van der Waals surface area contributed by atoms with Crippen LogP contribution in [-0.4, -0.2) is 18.0 Å². The fraction of sp³-hybridized carbons (Fsp3) is 0.118. The lowest BCUT2D eigenvalue weighted by atomic mass is 9.92. The molecule has 3 rings (SSSR count). The molecular weight excluding hydrogens is 346 g/mol. The molecule has 0 aliphatic carbocycles. The fourth-order valence-corrected chi connectivity index (χ4v) is 4.31. The van der Waals surface area contributed by atoms with E-state index in [4.69, 9.17) is 23.1 Å². The van der Waals surface area contributed by atoms with Crippen molar-refractivity contribution in [2.45, 2.75) is 12.5 Å². The molecule has 0 fully saturated rings. The zero-order chi connectivity index (χ0) is 17.5. The highest BCUT2D eigenvalue weighted by Crippen LogP contribution is 2.44. The molecule has 0 saturated heterocycles. The summed E-state index contributed by atoms with van der Waals surface area (Å²) >= 11 is 7.22. The van der Waals surface area contributed by atoms with Gasteiger partial charge in [-0.3, -0.25) is 14.6 Å². The molecule has 7 heteroatoms. The zero-order valence-corrected chi connectivity index (χ0v) is 14.3. The van der Waals surface area contributed by atoms with Crippen molar-refractivity contribution in [3.05, 3.63) is 57.4 Å². The molecule has 4 N–H and O–H groups in total. The third-order valence-electron chi connectivity index (χ3n) is 3.92. The van der Waals surface area contributed by atoms with Crippen LogP contribution in [0.15, 0.2) is 41.4 Å². The molecule has 1 aromatic carbocycles. The maximum absolute atomic E-state index is 12.1. The number of rotatable bonds is 4. The van der Waals surface area contributed by atoms with Gasteiger partial charge < -0.3 is 11.5 Å². The van der Waals surface area contributed by atoms with Gasteiger partial charge in [0.1, 0.15) is 0 Å². The van der Waals surface area contributed by atoms with Gasteiger partial charge >= 0.3 is 0 Å². The van der Waals surface area contributed by atoms with E-state index in [0.717, 1.165) is 10.4 Å². The van der Waals surface area contributed by atoms with Crippen molar-refractivity contribution in [3.63, 3.8) is 0 Å². The van der Waals surface area contributed by atoms with Crippen molar-refractivity contribution in [2.75, 3.05) is 0 Å². The quantitative estimate of drug-likeness (QED) is 0.877. The summed E-state index contributed by atoms with van der Waals surface area (Å²) in [7, 11) is 0. The molecule has 0 radical (unpaired) electrons. The number of nitrogens with zero attached hydrogens (tertiary/aromatic N) is 1. The van der Waals surface area contributed by atoms with Crippen LogP contribution >= 0.6 is 22.9 Å². The van der Waals surface area contributed by atoms with E-state index in [-0.39, 0.29) is 5.56 Å². The van der Waals surface area contributed by atoms with Crippen LogP contribution in [0.5, 0.6) is 0 Å². The Balaban J connectivity index is 2.28. The molecule has 122 valence electrons. The molecule has 1 aliphatic rings. The minimum atomic E-state index is -1.38. The summed E-state index contributed by atoms with van der Waals surface area (Å²) in [4.78, 5) is 29.6. The first-order chi connectivity index (χ1) is 11.4. The number of amides is 2. The number of thiophene rings is 1. The molecule has 2 heterocycles. The maximum atomic E-state index is 12.1. The molecule has 1 atom stereocenters. The first kappa shape index (κ1) is 16.4. The van der Waals surface area contributed by atoms with E-state index in [1.807, 2.05) is 12.1 Å². The predicted octanol–water partition coefficient (Wildman–Crippen LogP) is 2.80. The molecule has 5 nitrogen and oxygen atoms in total. The Hall–Kier alpha value is -2.44. The molecule has 0 bridgehead atoms. The largest absolute Gasteiger partial charge is 0.367 e. The minimum absolute atomic E-state index is 0.285. The van der Waals surface area contributed by atoms with Crippen LogP contribution in [0.1, 0.15) is 20.8 Å². The maximum Gasteiger partial charge on any atom is 0.254 e. The number of hydrogen-bond acceptors (Lipinski definition) is 4. The molecule has 1 aliphatic heterocycles. The molecule has 1 unspecified atom stereocenters. The van der Waals surface area contributed by atoms with Gasteiger partial charge in [-0.1, -0.05) is 23.7 Å². The lowest BCUT2D eigenvalue weighted by Crippen LogP contribution is -2.37. The summed E-state index contributed by atoms with van der Waals surface area (Å²) < 4.78 is 0. The van der Waals surface area contributed by atoms with Crippen LogP contribution in [0.25, 0.3) is 10.4 Å². The Morgan fingerprint density at radius 1 is 1.21 bits per heavy atom. The van der Waals surface area contributed by atoms with Gasteiger partial charge in [0.25, 0.3) is 5.91 Å². The van der Waals surface area contributed by atoms with Gasteiger partial charge in [0.15, 0.2) is 5.54 Å². The smallest absolute Gasteiger partial charge is 0.254 e. The lowest BCUT2D eigenvalue weighted by molar-refractivity contribution is -0.121. The van der Waals surface area contributed by atoms with E-state index >= 15 is 0 Å². The normalized spacial score (nSPS) is 18.9. The van der Waals surface area contributed by atoms with Crippen molar-refractivity contribution in [1.29, 1.82) is 0 Å². The lowest BCUT2D eigenvalue weighted by Gasteiger charge is -2.20. The first-order valence-corrected chi connectivity index (χ1v) is 8.29. The molecular formula is C17H14ClN3O2S. The summed E-state index contributed by atoms with van der Waals surface area (Å²) in [6, 6.07) is 7.22. The van der Waals surface area contributed by atoms with Crippen LogP contribution in [0.4, 0.5) is 0 Å². The van der Waals surface area contributed by atoms with Crippen LogP contribution in [0.2, 0.25) is 5.02 Å². The third-order valence-corrected chi connectivity index (χ3v) is 5.64. The van der Waals surface area contributed by atoms with Crippen LogP contribution in [0, 0.1) is 6.92 Å². The van der Waals surface area contributed by atoms with E-state index in [1.54, 1.807) is 31.2 Å². The fourth-order valence-electron chi connectivity index (χ4n) is 2.73. The molecule has 2 aromatic rings. The number of benzene rings is 1. The summed E-state index contributed by atoms with van der Waals surface area (Å²) in [5, 5.41) is 0.611. The van der Waals surface area contributed by atoms with Gasteiger partial charge in [-0.2, -0.15) is 0 Å². The van der Waals surface area contributed by atoms with Gasteiger partial charge in [0, 0.05) is 16.1 Å². The molecule has 1 aromatic heterocycles. The SMILES string of the molecule is Cc1c(-c2ccc(Cl)cc2)sc(C2(C(N)=O)C=CC=N2)c1C(N)=O. The average Bonchev–Trinajstić information content (AvgIpc) is 3.13. The van der Waals surface area contributed by atoms with E-state index in [1.165, 1.54) is 17.6 Å². The minimum Gasteiger partial charge on any atom is -0.367 e. The van der Waals surface area contributed by atoms with Crippen molar-refractivity contribution < 1.29 is 9.59 Å². The second kappa shape index (κ2) is 5.89. The van der Waals surface area contributed by atoms with Crippen LogP contribution < -0.4 is 11.5 Å². The molecule has 0 spiro atoms. The van der Waals surface area contributed by atoms with E-state index in [9.17, 15) is 9.59 Å². The number of aliphatic imine (C=N–C) groups is 1. The Labute approximate surface area is 147 Å². The number of allylic oxidation sites excluding steroid dienone is 1. The Kier molecular flexibility index (Phi) is 4.03. The third kappa shape index (κ3) is 2.44. The highest BCUT2D eigenvalue weighted by molar-refractivity contribution is 7.16. The van der Waals surface area contributed by atoms with Gasteiger partial charge in [-0.05, 0) is 42.3 Å². The van der Waals surface area contributed by atoms with E-state index in [0.29, 0.717) is 15.5 Å². The van der Waals surface area contributed by atoms with Gasteiger partial charge in [-0.25, -0.2) is 0 Å². The topological polar surface area (TPSA) is 98.5 Å². The molecule has 2 amide bonds. The van der Waals surface area contributed by atoms with E-state index in [2.05, 4.69) is 4.99 Å². The first-order valence-electron chi connectivity index (χ1n) is 7.09. The van der Waals surface area contributed by atoms with Crippen LogP contribution in [-0.2, 0) is 10.3 Å².